The van der Waals surface area contributed by atoms with Gasteiger partial charge in [0.25, 0.3) is 11.6 Å². The number of nitrogens with one attached hydrogen (secondary N) is 1. The van der Waals surface area contributed by atoms with Gasteiger partial charge in [-0.3, -0.25) is 14.9 Å². The number of carbonyl (C=O) groups is 1. The lowest BCUT2D eigenvalue weighted by atomic mass is 9.94. The molecule has 0 radical (unpaired) electrons. The summed E-state index contributed by atoms with van der Waals surface area (Å²) >= 11 is 5.98. The summed E-state index contributed by atoms with van der Waals surface area (Å²) in [5.74, 6) is -1.29. The largest absolute Gasteiger partial charge is 0.349 e. The Labute approximate surface area is 120 Å². The first kappa shape index (κ1) is 14.7. The number of hydrogen-bond acceptors (Lipinski definition) is 3. The number of nitro groups is 1. The number of nitrogens with zero attached hydrogens (tertiary/aromatic N) is 1. The summed E-state index contributed by atoms with van der Waals surface area (Å²) in [6, 6.07) is 2.89. The zero-order valence-electron chi connectivity index (χ0n) is 10.6. The minimum Gasteiger partial charge on any atom is -0.349 e. The van der Waals surface area contributed by atoms with Crippen LogP contribution in [-0.2, 0) is 0 Å². The predicted molar refractivity (Wildman–Crippen MR) is 72.4 cm³/mol. The van der Waals surface area contributed by atoms with E-state index in [0.29, 0.717) is 0 Å². The molecule has 0 spiro atoms. The van der Waals surface area contributed by atoms with E-state index in [1.807, 2.05) is 0 Å². The van der Waals surface area contributed by atoms with Crippen LogP contribution in [0.15, 0.2) is 18.2 Å². The molecule has 1 aromatic rings. The Balaban J connectivity index is 2.11. The molecular weight excluding hydrogens is 287 g/mol. The van der Waals surface area contributed by atoms with Gasteiger partial charge in [0.2, 0.25) is 0 Å². The summed E-state index contributed by atoms with van der Waals surface area (Å²) in [7, 11) is 0. The van der Waals surface area contributed by atoms with Crippen LogP contribution in [0.4, 0.5) is 10.1 Å². The molecule has 5 nitrogen and oxygen atoms in total. The van der Waals surface area contributed by atoms with Crippen LogP contribution in [0, 0.1) is 15.9 Å². The van der Waals surface area contributed by atoms with E-state index in [1.54, 1.807) is 0 Å². The molecule has 1 aliphatic carbocycles. The minimum atomic E-state index is -0.756. The first-order chi connectivity index (χ1) is 9.47. The van der Waals surface area contributed by atoms with Crippen molar-refractivity contribution in [3.8, 4) is 0 Å². The topological polar surface area (TPSA) is 72.2 Å². The summed E-state index contributed by atoms with van der Waals surface area (Å²) in [5.41, 5.74) is -0.641. The Hall–Kier alpha value is -1.69. The maximum Gasteiger partial charge on any atom is 0.285 e. The van der Waals surface area contributed by atoms with E-state index in [2.05, 4.69) is 5.32 Å². The Kier molecular flexibility index (Phi) is 4.54. The van der Waals surface area contributed by atoms with Crippen LogP contribution in [0.25, 0.3) is 0 Å². The van der Waals surface area contributed by atoms with Crippen LogP contribution < -0.4 is 5.32 Å². The third-order valence-corrected chi connectivity index (χ3v) is 3.83. The average molecular weight is 301 g/mol. The van der Waals surface area contributed by atoms with Gasteiger partial charge in [0, 0.05) is 11.4 Å². The number of halogens is 2. The Morgan fingerprint density at radius 3 is 2.60 bits per heavy atom. The summed E-state index contributed by atoms with van der Waals surface area (Å²) < 4.78 is 13.0. The van der Waals surface area contributed by atoms with Gasteiger partial charge >= 0.3 is 0 Å². The van der Waals surface area contributed by atoms with E-state index >= 15 is 0 Å². The zero-order chi connectivity index (χ0) is 14.7. The number of carbonyl (C=O) groups excluding carboxylic acids is 1. The quantitative estimate of drug-likeness (QED) is 0.530. The van der Waals surface area contributed by atoms with Crippen molar-refractivity contribution in [2.45, 2.75) is 37.1 Å². The summed E-state index contributed by atoms with van der Waals surface area (Å²) in [4.78, 5) is 22.2. The van der Waals surface area contributed by atoms with Gasteiger partial charge in [-0.05, 0) is 37.8 Å². The van der Waals surface area contributed by atoms with Crippen LogP contribution in [0.3, 0.4) is 0 Å². The van der Waals surface area contributed by atoms with Gasteiger partial charge in [-0.1, -0.05) is 0 Å². The molecule has 1 saturated carbocycles. The molecule has 0 aromatic heterocycles. The molecule has 108 valence electrons. The van der Waals surface area contributed by atoms with E-state index in [0.717, 1.165) is 43.9 Å². The molecule has 0 atom stereocenters. The van der Waals surface area contributed by atoms with Crippen LogP contribution >= 0.6 is 11.6 Å². The number of nitro benzene ring substituents is 1. The van der Waals surface area contributed by atoms with Crippen LogP contribution in [-0.4, -0.2) is 22.2 Å². The third kappa shape index (κ3) is 3.45. The molecule has 1 amide bonds. The lowest BCUT2D eigenvalue weighted by Gasteiger charge is -2.25. The highest BCUT2D eigenvalue weighted by Crippen LogP contribution is 2.24. The van der Waals surface area contributed by atoms with Crippen molar-refractivity contribution in [1.82, 2.24) is 5.32 Å². The fourth-order valence-electron chi connectivity index (χ4n) is 2.31. The third-order valence-electron chi connectivity index (χ3n) is 3.39. The smallest absolute Gasteiger partial charge is 0.285 e. The molecule has 2 rings (SSSR count). The summed E-state index contributed by atoms with van der Waals surface area (Å²) in [5, 5.41) is 13.7. The number of amides is 1. The van der Waals surface area contributed by atoms with E-state index in [-0.39, 0.29) is 17.0 Å². The standard InChI is InChI=1S/C13H14ClFN2O3/c14-8-1-4-10(5-2-8)16-13(18)11-6-3-9(15)7-12(11)17(19)20/h3,6-8,10H,1-2,4-5H2,(H,16,18). The Morgan fingerprint density at radius 2 is 2.00 bits per heavy atom. The predicted octanol–water partition coefficient (Wildman–Crippen LogP) is 3.01. The second-order valence-corrected chi connectivity index (χ2v) is 5.46. The molecule has 0 aliphatic heterocycles. The Bertz CT molecular complexity index is 530. The van der Waals surface area contributed by atoms with Crippen LogP contribution in [0.2, 0.25) is 0 Å². The van der Waals surface area contributed by atoms with E-state index in [1.165, 1.54) is 0 Å². The van der Waals surface area contributed by atoms with Crippen LogP contribution in [0.5, 0.6) is 0 Å². The van der Waals surface area contributed by atoms with Gasteiger partial charge in [0.05, 0.1) is 11.0 Å². The fourth-order valence-corrected chi connectivity index (χ4v) is 2.56. The summed E-state index contributed by atoms with van der Waals surface area (Å²) in [6.07, 6.45) is 3.10. The molecule has 1 N–H and O–H groups in total. The second kappa shape index (κ2) is 6.17. The average Bonchev–Trinajstić information content (AvgIpc) is 2.41. The number of hydrogen-bond donors (Lipinski definition) is 1. The van der Waals surface area contributed by atoms with Gasteiger partial charge < -0.3 is 5.32 Å². The molecule has 0 saturated heterocycles. The molecule has 1 aromatic carbocycles. The van der Waals surface area contributed by atoms with Crippen molar-refractivity contribution < 1.29 is 14.1 Å². The van der Waals surface area contributed by atoms with Gasteiger partial charge in [-0.2, -0.15) is 0 Å². The van der Waals surface area contributed by atoms with Crippen molar-refractivity contribution in [2.75, 3.05) is 0 Å². The SMILES string of the molecule is O=C(NC1CCC(Cl)CC1)c1ccc(F)cc1[N+](=O)[O-]. The lowest BCUT2D eigenvalue weighted by molar-refractivity contribution is -0.385. The first-order valence-corrected chi connectivity index (χ1v) is 6.80. The molecule has 7 heteroatoms. The van der Waals surface area contributed by atoms with Gasteiger partial charge in [-0.25, -0.2) is 4.39 Å². The van der Waals surface area contributed by atoms with Crippen molar-refractivity contribution in [3.63, 3.8) is 0 Å². The highest BCUT2D eigenvalue weighted by atomic mass is 35.5. The molecule has 20 heavy (non-hydrogen) atoms. The second-order valence-electron chi connectivity index (χ2n) is 4.84. The van der Waals surface area contributed by atoms with Gasteiger partial charge in [0.15, 0.2) is 0 Å². The van der Waals surface area contributed by atoms with Gasteiger partial charge in [-0.15, -0.1) is 11.6 Å². The maximum atomic E-state index is 13.0. The monoisotopic (exact) mass is 300 g/mol. The highest BCUT2D eigenvalue weighted by Gasteiger charge is 2.25. The van der Waals surface area contributed by atoms with Crippen molar-refractivity contribution in [1.29, 1.82) is 0 Å². The number of rotatable bonds is 3. The minimum absolute atomic E-state index is 0.0397. The molecule has 0 heterocycles. The summed E-state index contributed by atoms with van der Waals surface area (Å²) in [6.45, 7) is 0. The van der Waals surface area contributed by atoms with Gasteiger partial charge in [0.1, 0.15) is 11.4 Å². The van der Waals surface area contributed by atoms with Crippen LogP contribution in [0.1, 0.15) is 36.0 Å². The normalized spacial score (nSPS) is 22.3. The lowest BCUT2D eigenvalue weighted by Crippen LogP contribution is -2.38. The fraction of sp³-hybridized carbons (Fsp3) is 0.462. The van der Waals surface area contributed by atoms with E-state index in [4.69, 9.17) is 11.6 Å². The van der Waals surface area contributed by atoms with Crippen molar-refractivity contribution >= 4 is 23.2 Å². The van der Waals surface area contributed by atoms with Crippen molar-refractivity contribution in [2.24, 2.45) is 0 Å². The highest BCUT2D eigenvalue weighted by molar-refractivity contribution is 6.20. The molecule has 1 fully saturated rings. The van der Waals surface area contributed by atoms with E-state index in [9.17, 15) is 19.3 Å². The van der Waals surface area contributed by atoms with E-state index < -0.39 is 22.3 Å². The maximum absolute atomic E-state index is 13.0. The molecule has 0 bridgehead atoms. The molecule has 1 aliphatic rings. The Morgan fingerprint density at radius 1 is 1.35 bits per heavy atom. The van der Waals surface area contributed by atoms with Crippen molar-refractivity contribution in [3.05, 3.63) is 39.7 Å². The first-order valence-electron chi connectivity index (χ1n) is 6.36. The number of benzene rings is 1. The number of alkyl halides is 1. The molecular formula is C13H14ClFN2O3. The molecule has 0 unspecified atom stereocenters. The zero-order valence-corrected chi connectivity index (χ0v) is 11.4.